The van der Waals surface area contributed by atoms with E-state index in [0.29, 0.717) is 11.4 Å². The van der Waals surface area contributed by atoms with E-state index in [1.165, 1.54) is 24.6 Å². The number of anilines is 3. The standard InChI is InChI=1S/C18H17N5O5/c1-22(14-8-4-3-7-13(14)18(24)27-2)17-15(23(25)26)16(20-11-21-17)19-10-12-6-5-9-28-12/h3-9,11H,10H2,1-2H3,(H,19,20,21). The smallest absolute Gasteiger partial charge is 0.353 e. The number of nitrogens with zero attached hydrogens (tertiary/aromatic N) is 4. The Labute approximate surface area is 159 Å². The third kappa shape index (κ3) is 3.75. The molecule has 10 heteroatoms. The average Bonchev–Trinajstić information content (AvgIpc) is 3.24. The van der Waals surface area contributed by atoms with Gasteiger partial charge in [-0.3, -0.25) is 10.1 Å². The van der Waals surface area contributed by atoms with Gasteiger partial charge in [-0.05, 0) is 24.3 Å². The van der Waals surface area contributed by atoms with Crippen LogP contribution in [-0.2, 0) is 11.3 Å². The molecule has 3 rings (SSSR count). The Morgan fingerprint density at radius 3 is 2.75 bits per heavy atom. The molecular formula is C18H17N5O5. The Morgan fingerprint density at radius 1 is 1.29 bits per heavy atom. The minimum Gasteiger partial charge on any atom is -0.467 e. The summed E-state index contributed by atoms with van der Waals surface area (Å²) in [5, 5.41) is 14.6. The normalized spacial score (nSPS) is 10.4. The third-order valence-electron chi connectivity index (χ3n) is 3.98. The van der Waals surface area contributed by atoms with Crippen molar-refractivity contribution in [2.45, 2.75) is 6.54 Å². The molecule has 1 aromatic carbocycles. The Bertz CT molecular complexity index is 990. The molecule has 0 amide bonds. The van der Waals surface area contributed by atoms with Crippen LogP contribution in [0.15, 0.2) is 53.4 Å². The number of hydrogen-bond acceptors (Lipinski definition) is 9. The van der Waals surface area contributed by atoms with Crippen LogP contribution >= 0.6 is 0 Å². The first-order valence-electron chi connectivity index (χ1n) is 8.19. The number of esters is 1. The molecule has 0 saturated heterocycles. The van der Waals surface area contributed by atoms with Gasteiger partial charge >= 0.3 is 11.7 Å². The van der Waals surface area contributed by atoms with Gasteiger partial charge in [0.1, 0.15) is 12.1 Å². The first-order valence-corrected chi connectivity index (χ1v) is 8.19. The molecule has 0 bridgehead atoms. The van der Waals surface area contributed by atoms with Crippen LogP contribution in [0, 0.1) is 10.1 Å². The monoisotopic (exact) mass is 383 g/mol. The summed E-state index contributed by atoms with van der Waals surface area (Å²) in [6.07, 6.45) is 2.72. The van der Waals surface area contributed by atoms with Gasteiger partial charge in [-0.1, -0.05) is 12.1 Å². The van der Waals surface area contributed by atoms with E-state index in [0.717, 1.165) is 0 Å². The second-order valence-corrected chi connectivity index (χ2v) is 5.65. The lowest BCUT2D eigenvalue weighted by atomic mass is 10.1. The summed E-state index contributed by atoms with van der Waals surface area (Å²) in [6.45, 7) is 0.215. The molecule has 0 aliphatic rings. The lowest BCUT2D eigenvalue weighted by molar-refractivity contribution is -0.383. The van der Waals surface area contributed by atoms with Crippen molar-refractivity contribution < 1.29 is 18.9 Å². The average molecular weight is 383 g/mol. The highest BCUT2D eigenvalue weighted by atomic mass is 16.6. The van der Waals surface area contributed by atoms with Crippen molar-refractivity contribution in [3.05, 3.63) is 70.4 Å². The molecule has 0 aliphatic heterocycles. The molecule has 2 aromatic heterocycles. The molecular weight excluding hydrogens is 366 g/mol. The summed E-state index contributed by atoms with van der Waals surface area (Å²) < 4.78 is 10.0. The quantitative estimate of drug-likeness (QED) is 0.372. The molecule has 0 saturated carbocycles. The number of aromatic nitrogens is 2. The van der Waals surface area contributed by atoms with E-state index in [1.807, 2.05) is 0 Å². The lowest BCUT2D eigenvalue weighted by Crippen LogP contribution is -2.18. The second-order valence-electron chi connectivity index (χ2n) is 5.65. The molecule has 0 spiro atoms. The molecule has 3 aromatic rings. The molecule has 0 fully saturated rings. The van der Waals surface area contributed by atoms with Crippen molar-refractivity contribution in [3.8, 4) is 0 Å². The summed E-state index contributed by atoms with van der Waals surface area (Å²) in [6, 6.07) is 10.1. The first-order chi connectivity index (χ1) is 13.5. The van der Waals surface area contributed by atoms with Crippen LogP contribution in [0.5, 0.6) is 0 Å². The number of nitrogens with one attached hydrogen (secondary N) is 1. The van der Waals surface area contributed by atoms with Gasteiger partial charge in [0, 0.05) is 7.05 Å². The maximum atomic E-state index is 12.1. The van der Waals surface area contributed by atoms with E-state index in [4.69, 9.17) is 9.15 Å². The zero-order valence-corrected chi connectivity index (χ0v) is 15.2. The molecule has 2 heterocycles. The van der Waals surface area contributed by atoms with Crippen LogP contribution in [-0.4, -0.2) is 35.0 Å². The van der Waals surface area contributed by atoms with Gasteiger partial charge in [0.05, 0.1) is 36.1 Å². The summed E-state index contributed by atoms with van der Waals surface area (Å²) in [4.78, 5) is 32.7. The van der Waals surface area contributed by atoms with Gasteiger partial charge in [0.25, 0.3) is 0 Å². The van der Waals surface area contributed by atoms with Gasteiger partial charge in [0.2, 0.25) is 11.6 Å². The topological polar surface area (TPSA) is 124 Å². The van der Waals surface area contributed by atoms with Crippen LogP contribution in [0.2, 0.25) is 0 Å². The van der Waals surface area contributed by atoms with Gasteiger partial charge in [-0.2, -0.15) is 0 Å². The Balaban J connectivity index is 2.01. The van der Waals surface area contributed by atoms with Crippen LogP contribution in [0.3, 0.4) is 0 Å². The molecule has 28 heavy (non-hydrogen) atoms. The van der Waals surface area contributed by atoms with Gasteiger partial charge < -0.3 is 19.4 Å². The number of carbonyl (C=O) groups is 1. The van der Waals surface area contributed by atoms with Crippen LogP contribution < -0.4 is 10.2 Å². The van der Waals surface area contributed by atoms with E-state index in [1.54, 1.807) is 43.4 Å². The highest BCUT2D eigenvalue weighted by molar-refractivity contribution is 5.97. The maximum absolute atomic E-state index is 12.1. The predicted octanol–water partition coefficient (Wildman–Crippen LogP) is 3.14. The van der Waals surface area contributed by atoms with E-state index in [2.05, 4.69) is 15.3 Å². The number of benzene rings is 1. The maximum Gasteiger partial charge on any atom is 0.353 e. The number of furan rings is 1. The van der Waals surface area contributed by atoms with Gasteiger partial charge in [0.15, 0.2) is 0 Å². The highest BCUT2D eigenvalue weighted by Gasteiger charge is 2.28. The number of nitro groups is 1. The summed E-state index contributed by atoms with van der Waals surface area (Å²) >= 11 is 0. The fraction of sp³-hybridized carbons (Fsp3) is 0.167. The predicted molar refractivity (Wildman–Crippen MR) is 101 cm³/mol. The van der Waals surface area contributed by atoms with Crippen molar-refractivity contribution in [1.82, 2.24) is 9.97 Å². The van der Waals surface area contributed by atoms with E-state index >= 15 is 0 Å². The summed E-state index contributed by atoms with van der Waals surface area (Å²) in [5.41, 5.74) is 0.342. The van der Waals surface area contributed by atoms with E-state index < -0.39 is 10.9 Å². The van der Waals surface area contributed by atoms with Crippen molar-refractivity contribution in [3.63, 3.8) is 0 Å². The molecule has 144 valence electrons. The van der Waals surface area contributed by atoms with E-state index in [9.17, 15) is 14.9 Å². The van der Waals surface area contributed by atoms with E-state index in [-0.39, 0.29) is 29.4 Å². The van der Waals surface area contributed by atoms with Crippen LogP contribution in [0.1, 0.15) is 16.1 Å². The summed E-state index contributed by atoms with van der Waals surface area (Å²) in [5.74, 6) is 0.0984. The zero-order chi connectivity index (χ0) is 20.1. The molecule has 0 radical (unpaired) electrons. The number of carbonyl (C=O) groups excluding carboxylic acids is 1. The molecule has 1 N–H and O–H groups in total. The lowest BCUT2D eigenvalue weighted by Gasteiger charge is -2.21. The molecule has 0 aliphatic carbocycles. The van der Waals surface area contributed by atoms with Crippen LogP contribution in [0.25, 0.3) is 0 Å². The second kappa shape index (κ2) is 8.16. The fourth-order valence-corrected chi connectivity index (χ4v) is 2.66. The first kappa shape index (κ1) is 18.8. The summed E-state index contributed by atoms with van der Waals surface area (Å²) in [7, 11) is 2.84. The minimum absolute atomic E-state index is 0.0262. The molecule has 10 nitrogen and oxygen atoms in total. The Kier molecular flexibility index (Phi) is 5.49. The van der Waals surface area contributed by atoms with Gasteiger partial charge in [-0.15, -0.1) is 0 Å². The highest BCUT2D eigenvalue weighted by Crippen LogP contribution is 2.36. The number of methoxy groups -OCH3 is 1. The van der Waals surface area contributed by atoms with Crippen molar-refractivity contribution >= 4 is 29.0 Å². The SMILES string of the molecule is COC(=O)c1ccccc1N(C)c1ncnc(NCc2ccco2)c1[N+](=O)[O-]. The number of ether oxygens (including phenoxy) is 1. The Hall–Kier alpha value is -3.95. The Morgan fingerprint density at radius 2 is 2.07 bits per heavy atom. The fourth-order valence-electron chi connectivity index (χ4n) is 2.66. The minimum atomic E-state index is -0.572. The molecule has 0 atom stereocenters. The van der Waals surface area contributed by atoms with Gasteiger partial charge in [-0.25, -0.2) is 14.8 Å². The van der Waals surface area contributed by atoms with Crippen LogP contribution in [0.4, 0.5) is 23.0 Å². The number of rotatable bonds is 7. The molecule has 0 unspecified atom stereocenters. The third-order valence-corrected chi connectivity index (χ3v) is 3.98. The number of hydrogen-bond donors (Lipinski definition) is 1. The van der Waals surface area contributed by atoms with Crippen molar-refractivity contribution in [2.24, 2.45) is 0 Å². The largest absolute Gasteiger partial charge is 0.467 e. The van der Waals surface area contributed by atoms with Crippen molar-refractivity contribution in [2.75, 3.05) is 24.4 Å². The van der Waals surface area contributed by atoms with Crippen molar-refractivity contribution in [1.29, 1.82) is 0 Å². The number of para-hydroxylation sites is 1. The zero-order valence-electron chi connectivity index (χ0n) is 15.2.